The van der Waals surface area contributed by atoms with Crippen LogP contribution in [0.25, 0.3) is 0 Å². The van der Waals surface area contributed by atoms with Gasteiger partial charge in [0, 0.05) is 18.7 Å². The van der Waals surface area contributed by atoms with Gasteiger partial charge in [0.1, 0.15) is 0 Å². The van der Waals surface area contributed by atoms with Gasteiger partial charge in [-0.25, -0.2) is 8.42 Å². The zero-order chi connectivity index (χ0) is 17.7. The predicted molar refractivity (Wildman–Crippen MR) is 95.7 cm³/mol. The molecule has 6 heteroatoms. The molecule has 1 atom stereocenters. The molecular weight excluding hydrogens is 324 g/mol. The van der Waals surface area contributed by atoms with E-state index >= 15 is 0 Å². The smallest absolute Gasteiger partial charge is 0.264 e. The van der Waals surface area contributed by atoms with Crippen molar-refractivity contribution in [1.82, 2.24) is 5.32 Å². The highest BCUT2D eigenvalue weighted by Crippen LogP contribution is 2.22. The molecule has 0 saturated heterocycles. The first-order valence-corrected chi connectivity index (χ1v) is 9.25. The van der Waals surface area contributed by atoms with E-state index in [0.29, 0.717) is 11.3 Å². The van der Waals surface area contributed by atoms with E-state index in [1.807, 2.05) is 13.8 Å². The molecule has 128 valence electrons. The van der Waals surface area contributed by atoms with Gasteiger partial charge in [0.25, 0.3) is 15.9 Å². The average molecular weight is 346 g/mol. The molecule has 2 aromatic rings. The zero-order valence-corrected chi connectivity index (χ0v) is 14.9. The van der Waals surface area contributed by atoms with E-state index in [-0.39, 0.29) is 16.8 Å². The van der Waals surface area contributed by atoms with Crippen molar-refractivity contribution in [3.05, 3.63) is 60.2 Å². The van der Waals surface area contributed by atoms with Gasteiger partial charge in [-0.15, -0.1) is 0 Å². The van der Waals surface area contributed by atoms with Crippen molar-refractivity contribution in [1.29, 1.82) is 0 Å². The third kappa shape index (κ3) is 3.94. The van der Waals surface area contributed by atoms with E-state index in [1.165, 1.54) is 11.4 Å². The molecule has 0 aliphatic heterocycles. The van der Waals surface area contributed by atoms with Gasteiger partial charge in [-0.2, -0.15) is 0 Å². The van der Waals surface area contributed by atoms with Crippen LogP contribution in [0.4, 0.5) is 5.69 Å². The van der Waals surface area contributed by atoms with E-state index in [0.717, 1.165) is 6.42 Å². The summed E-state index contributed by atoms with van der Waals surface area (Å²) in [6.45, 7) is 3.91. The second-order valence-corrected chi connectivity index (χ2v) is 7.59. The van der Waals surface area contributed by atoms with Crippen LogP contribution in [-0.4, -0.2) is 27.4 Å². The summed E-state index contributed by atoms with van der Waals surface area (Å²) in [5.74, 6) is -0.211. The first-order chi connectivity index (χ1) is 11.4. The molecule has 24 heavy (non-hydrogen) atoms. The van der Waals surface area contributed by atoms with E-state index in [1.54, 1.807) is 54.6 Å². The molecule has 0 spiro atoms. The molecule has 0 aromatic heterocycles. The average Bonchev–Trinajstić information content (AvgIpc) is 2.61. The van der Waals surface area contributed by atoms with Crippen molar-refractivity contribution < 1.29 is 13.2 Å². The Labute approximate surface area is 143 Å². The van der Waals surface area contributed by atoms with Crippen LogP contribution >= 0.6 is 0 Å². The number of carbonyl (C=O) groups excluding carboxylic acids is 1. The van der Waals surface area contributed by atoms with Crippen LogP contribution in [0, 0.1) is 0 Å². The fourth-order valence-electron chi connectivity index (χ4n) is 2.14. The fourth-order valence-corrected chi connectivity index (χ4v) is 3.35. The lowest BCUT2D eigenvalue weighted by Crippen LogP contribution is -2.32. The Kier molecular flexibility index (Phi) is 5.62. The third-order valence-corrected chi connectivity index (χ3v) is 5.66. The van der Waals surface area contributed by atoms with Crippen molar-refractivity contribution >= 4 is 21.6 Å². The summed E-state index contributed by atoms with van der Waals surface area (Å²) in [5, 5.41) is 2.88. The summed E-state index contributed by atoms with van der Waals surface area (Å²) in [7, 11) is -2.18. The van der Waals surface area contributed by atoms with Crippen LogP contribution in [-0.2, 0) is 10.0 Å². The lowest BCUT2D eigenvalue weighted by molar-refractivity contribution is 0.0939. The second kappa shape index (κ2) is 7.49. The lowest BCUT2D eigenvalue weighted by atomic mass is 10.1. The monoisotopic (exact) mass is 346 g/mol. The Morgan fingerprint density at radius 3 is 2.42 bits per heavy atom. The first kappa shape index (κ1) is 18.0. The van der Waals surface area contributed by atoms with Gasteiger partial charge >= 0.3 is 0 Å². The van der Waals surface area contributed by atoms with E-state index < -0.39 is 10.0 Å². The molecule has 0 radical (unpaired) electrons. The third-order valence-electron chi connectivity index (χ3n) is 3.86. The SMILES string of the molecule is CC[C@H](C)NC(=O)c1cccc(N(C)S(=O)(=O)c2ccccc2)c1. The first-order valence-electron chi connectivity index (χ1n) is 7.81. The Balaban J connectivity index is 2.29. The standard InChI is InChI=1S/C18H22N2O3S/c1-4-14(2)19-18(21)15-9-8-10-16(13-15)20(3)24(22,23)17-11-6-5-7-12-17/h5-14H,4H2,1-3H3,(H,19,21)/t14-/m0/s1. The molecule has 1 N–H and O–H groups in total. The highest BCUT2D eigenvalue weighted by Gasteiger charge is 2.21. The number of sulfonamides is 1. The zero-order valence-electron chi connectivity index (χ0n) is 14.1. The largest absolute Gasteiger partial charge is 0.350 e. The minimum atomic E-state index is -3.66. The number of carbonyl (C=O) groups is 1. The molecule has 5 nitrogen and oxygen atoms in total. The van der Waals surface area contributed by atoms with Gasteiger partial charge in [0.2, 0.25) is 0 Å². The molecule has 2 rings (SSSR count). The van der Waals surface area contributed by atoms with Gasteiger partial charge in [0.05, 0.1) is 10.6 Å². The summed E-state index contributed by atoms with van der Waals surface area (Å²) in [6, 6.07) is 14.9. The molecule has 0 saturated carbocycles. The molecule has 0 bridgehead atoms. The number of nitrogens with zero attached hydrogens (tertiary/aromatic N) is 1. The predicted octanol–water partition coefficient (Wildman–Crippen LogP) is 3.04. The Morgan fingerprint density at radius 1 is 1.12 bits per heavy atom. The normalized spacial score (nSPS) is 12.5. The quantitative estimate of drug-likeness (QED) is 0.874. The summed E-state index contributed by atoms with van der Waals surface area (Å²) < 4.78 is 26.5. The highest BCUT2D eigenvalue weighted by atomic mass is 32.2. The maximum atomic E-state index is 12.7. The van der Waals surface area contributed by atoms with E-state index in [9.17, 15) is 13.2 Å². The highest BCUT2D eigenvalue weighted by molar-refractivity contribution is 7.92. The van der Waals surface area contributed by atoms with Gasteiger partial charge < -0.3 is 5.32 Å². The van der Waals surface area contributed by atoms with Crippen molar-refractivity contribution in [2.45, 2.75) is 31.2 Å². The topological polar surface area (TPSA) is 66.5 Å². The maximum Gasteiger partial charge on any atom is 0.264 e. The van der Waals surface area contributed by atoms with Crippen LogP contribution in [0.2, 0.25) is 0 Å². The molecule has 0 aliphatic carbocycles. The Morgan fingerprint density at radius 2 is 1.79 bits per heavy atom. The van der Waals surface area contributed by atoms with Crippen molar-refractivity contribution in [2.75, 3.05) is 11.4 Å². The number of hydrogen-bond acceptors (Lipinski definition) is 3. The summed E-state index contributed by atoms with van der Waals surface area (Å²) >= 11 is 0. The summed E-state index contributed by atoms with van der Waals surface area (Å²) in [6.07, 6.45) is 0.827. The van der Waals surface area contributed by atoms with Crippen molar-refractivity contribution in [3.8, 4) is 0 Å². The van der Waals surface area contributed by atoms with Crippen LogP contribution in [0.1, 0.15) is 30.6 Å². The van der Waals surface area contributed by atoms with Crippen molar-refractivity contribution in [2.24, 2.45) is 0 Å². The van der Waals surface area contributed by atoms with E-state index in [4.69, 9.17) is 0 Å². The molecule has 0 unspecified atom stereocenters. The number of anilines is 1. The number of nitrogens with one attached hydrogen (secondary N) is 1. The summed E-state index contributed by atoms with van der Waals surface area (Å²) in [4.78, 5) is 12.4. The number of benzene rings is 2. The van der Waals surface area contributed by atoms with Crippen LogP contribution in [0.3, 0.4) is 0 Å². The van der Waals surface area contributed by atoms with Gasteiger partial charge in [-0.1, -0.05) is 31.2 Å². The molecular formula is C18H22N2O3S. The summed E-state index contributed by atoms with van der Waals surface area (Å²) in [5.41, 5.74) is 0.874. The van der Waals surface area contributed by atoms with E-state index in [2.05, 4.69) is 5.32 Å². The maximum absolute atomic E-state index is 12.7. The molecule has 1 amide bonds. The molecule has 0 heterocycles. The van der Waals surface area contributed by atoms with Crippen molar-refractivity contribution in [3.63, 3.8) is 0 Å². The number of rotatable bonds is 6. The molecule has 0 fully saturated rings. The van der Waals surface area contributed by atoms with Gasteiger partial charge in [0.15, 0.2) is 0 Å². The van der Waals surface area contributed by atoms with Crippen LogP contribution in [0.15, 0.2) is 59.5 Å². The minimum absolute atomic E-state index is 0.0620. The number of hydrogen-bond donors (Lipinski definition) is 1. The fraction of sp³-hybridized carbons (Fsp3) is 0.278. The number of amides is 1. The van der Waals surface area contributed by atoms with Gasteiger partial charge in [-0.3, -0.25) is 9.10 Å². The Bertz CT molecular complexity index is 804. The minimum Gasteiger partial charge on any atom is -0.350 e. The van der Waals surface area contributed by atoms with Crippen LogP contribution in [0.5, 0.6) is 0 Å². The van der Waals surface area contributed by atoms with Crippen LogP contribution < -0.4 is 9.62 Å². The van der Waals surface area contributed by atoms with Gasteiger partial charge in [-0.05, 0) is 43.7 Å². The second-order valence-electron chi connectivity index (χ2n) is 5.62. The molecule has 0 aliphatic rings. The molecule has 2 aromatic carbocycles. The lowest BCUT2D eigenvalue weighted by Gasteiger charge is -2.20. The Hall–Kier alpha value is -2.34.